The largest absolute Gasteiger partial charge is 0.416 e. The lowest BCUT2D eigenvalue weighted by molar-refractivity contribution is -0.137. The summed E-state index contributed by atoms with van der Waals surface area (Å²) in [6, 6.07) is 1.85. The molecule has 0 radical (unpaired) electrons. The molecule has 1 aromatic heterocycles. The second-order valence-electron chi connectivity index (χ2n) is 4.25. The van der Waals surface area contributed by atoms with Crippen molar-refractivity contribution in [2.75, 3.05) is 30.4 Å². The lowest BCUT2D eigenvalue weighted by Crippen LogP contribution is -2.44. The van der Waals surface area contributed by atoms with Crippen LogP contribution >= 0.6 is 0 Å². The normalized spacial score (nSPS) is 21.1. The number of nitrogens with zero attached hydrogens (tertiary/aromatic N) is 2. The van der Waals surface area contributed by atoms with Crippen LogP contribution in [0.5, 0.6) is 0 Å². The number of alkyl halides is 3. The van der Waals surface area contributed by atoms with E-state index < -0.39 is 11.7 Å². The Morgan fingerprint density at radius 3 is 2.78 bits per heavy atom. The number of nitrogen functional groups attached to an aromatic ring is 1. The van der Waals surface area contributed by atoms with Gasteiger partial charge in [0.1, 0.15) is 11.6 Å². The van der Waals surface area contributed by atoms with E-state index in [-0.39, 0.29) is 17.7 Å². The number of aromatic nitrogens is 1. The maximum atomic E-state index is 12.7. The van der Waals surface area contributed by atoms with Crippen LogP contribution < -0.4 is 10.6 Å². The van der Waals surface area contributed by atoms with Gasteiger partial charge in [0.05, 0.1) is 24.8 Å². The first-order valence-electron chi connectivity index (χ1n) is 5.57. The molecule has 1 fully saturated rings. The van der Waals surface area contributed by atoms with Gasteiger partial charge in [0, 0.05) is 6.54 Å². The number of pyridine rings is 1. The fourth-order valence-electron chi connectivity index (χ4n) is 1.92. The Labute approximate surface area is 103 Å². The van der Waals surface area contributed by atoms with Crippen molar-refractivity contribution in [2.24, 2.45) is 0 Å². The van der Waals surface area contributed by atoms with Crippen LogP contribution in [0.1, 0.15) is 12.5 Å². The summed E-state index contributed by atoms with van der Waals surface area (Å²) in [4.78, 5) is 5.74. The molecule has 1 aromatic rings. The first kappa shape index (κ1) is 12.9. The van der Waals surface area contributed by atoms with Gasteiger partial charge in [-0.1, -0.05) is 0 Å². The molecular weight excluding hydrogens is 247 g/mol. The summed E-state index contributed by atoms with van der Waals surface area (Å²) in [5.74, 6) is 0.122. The first-order chi connectivity index (χ1) is 8.38. The summed E-state index contributed by atoms with van der Waals surface area (Å²) < 4.78 is 43.3. The van der Waals surface area contributed by atoms with Gasteiger partial charge in [0.25, 0.3) is 0 Å². The molecule has 100 valence electrons. The van der Waals surface area contributed by atoms with Crippen LogP contribution in [-0.4, -0.2) is 30.8 Å². The highest BCUT2D eigenvalue weighted by atomic mass is 19.4. The van der Waals surface area contributed by atoms with Crippen molar-refractivity contribution in [3.8, 4) is 0 Å². The second kappa shape index (κ2) is 4.64. The van der Waals surface area contributed by atoms with E-state index in [1.807, 2.05) is 6.92 Å². The lowest BCUT2D eigenvalue weighted by atomic mass is 10.2. The number of nitrogens with two attached hydrogens (primary N) is 1. The van der Waals surface area contributed by atoms with Crippen LogP contribution in [0.15, 0.2) is 12.1 Å². The molecule has 1 aliphatic heterocycles. The molecule has 1 atom stereocenters. The van der Waals surface area contributed by atoms with Crippen molar-refractivity contribution in [3.63, 3.8) is 0 Å². The molecule has 0 saturated carbocycles. The Balaban J connectivity index is 2.35. The van der Waals surface area contributed by atoms with Crippen LogP contribution in [0.3, 0.4) is 0 Å². The first-order valence-corrected chi connectivity index (χ1v) is 5.57. The predicted molar refractivity (Wildman–Crippen MR) is 61.3 cm³/mol. The molecule has 0 spiro atoms. The van der Waals surface area contributed by atoms with Gasteiger partial charge in [0.15, 0.2) is 0 Å². The highest BCUT2D eigenvalue weighted by Gasteiger charge is 2.32. The summed E-state index contributed by atoms with van der Waals surface area (Å²) in [6.45, 7) is 3.33. The number of ether oxygens (including phenoxy) is 1. The zero-order valence-electron chi connectivity index (χ0n) is 9.87. The molecular formula is C11H14F3N3O. The second-order valence-corrected chi connectivity index (χ2v) is 4.25. The fourth-order valence-corrected chi connectivity index (χ4v) is 1.92. The van der Waals surface area contributed by atoms with Gasteiger partial charge in [-0.2, -0.15) is 13.2 Å². The minimum atomic E-state index is -4.42. The van der Waals surface area contributed by atoms with Gasteiger partial charge >= 0.3 is 6.18 Å². The molecule has 2 rings (SSSR count). The highest BCUT2D eigenvalue weighted by molar-refractivity contribution is 5.50. The molecule has 0 amide bonds. The molecule has 2 N–H and O–H groups in total. The molecule has 1 saturated heterocycles. The minimum absolute atomic E-state index is 0.0193. The monoisotopic (exact) mass is 261 g/mol. The molecule has 0 bridgehead atoms. The average molecular weight is 261 g/mol. The van der Waals surface area contributed by atoms with E-state index in [4.69, 9.17) is 10.5 Å². The molecule has 7 heteroatoms. The number of hydrogen-bond acceptors (Lipinski definition) is 4. The summed E-state index contributed by atoms with van der Waals surface area (Å²) in [7, 11) is 0. The van der Waals surface area contributed by atoms with Gasteiger partial charge < -0.3 is 15.4 Å². The minimum Gasteiger partial charge on any atom is -0.384 e. The molecule has 1 aliphatic rings. The number of rotatable bonds is 1. The smallest absolute Gasteiger partial charge is 0.384 e. The summed E-state index contributed by atoms with van der Waals surface area (Å²) >= 11 is 0. The summed E-state index contributed by atoms with van der Waals surface area (Å²) in [6.07, 6.45) is -4.42. The van der Waals surface area contributed by atoms with E-state index in [1.54, 1.807) is 4.90 Å². The molecule has 2 heterocycles. The fraction of sp³-hybridized carbons (Fsp3) is 0.545. The standard InChI is InChI=1S/C11H14F3N3O/c1-7-6-18-3-2-17(7)10-5-8(11(12,13)14)4-9(15)16-10/h4-5,7H,2-3,6H2,1H3,(H2,15,16). The Morgan fingerprint density at radius 1 is 1.44 bits per heavy atom. The van der Waals surface area contributed by atoms with Crippen LogP contribution in [0, 0.1) is 0 Å². The van der Waals surface area contributed by atoms with Gasteiger partial charge in [-0.25, -0.2) is 4.98 Å². The quantitative estimate of drug-likeness (QED) is 0.839. The molecule has 4 nitrogen and oxygen atoms in total. The SMILES string of the molecule is CC1COCCN1c1cc(C(F)(F)F)cc(N)n1. The molecule has 18 heavy (non-hydrogen) atoms. The Hall–Kier alpha value is -1.50. The Bertz CT molecular complexity index is 436. The van der Waals surface area contributed by atoms with Crippen molar-refractivity contribution in [2.45, 2.75) is 19.1 Å². The molecule has 1 unspecified atom stereocenters. The van der Waals surface area contributed by atoms with E-state index in [0.29, 0.717) is 19.8 Å². The van der Waals surface area contributed by atoms with Gasteiger partial charge in [-0.15, -0.1) is 0 Å². The zero-order chi connectivity index (χ0) is 13.3. The van der Waals surface area contributed by atoms with Crippen molar-refractivity contribution in [3.05, 3.63) is 17.7 Å². The van der Waals surface area contributed by atoms with E-state index in [2.05, 4.69) is 4.98 Å². The summed E-state index contributed by atoms with van der Waals surface area (Å²) in [5.41, 5.74) is 4.66. The van der Waals surface area contributed by atoms with E-state index >= 15 is 0 Å². The van der Waals surface area contributed by atoms with Crippen LogP contribution in [0.2, 0.25) is 0 Å². The Kier molecular flexibility index (Phi) is 3.34. The van der Waals surface area contributed by atoms with Gasteiger partial charge in [-0.3, -0.25) is 0 Å². The van der Waals surface area contributed by atoms with Crippen molar-refractivity contribution in [1.82, 2.24) is 4.98 Å². The van der Waals surface area contributed by atoms with Gasteiger partial charge in [-0.05, 0) is 19.1 Å². The lowest BCUT2D eigenvalue weighted by Gasteiger charge is -2.34. The van der Waals surface area contributed by atoms with Gasteiger partial charge in [0.2, 0.25) is 0 Å². The molecule has 0 aromatic carbocycles. The van der Waals surface area contributed by atoms with Crippen molar-refractivity contribution >= 4 is 11.6 Å². The number of morpholine rings is 1. The third-order valence-corrected chi connectivity index (χ3v) is 2.82. The van der Waals surface area contributed by atoms with Crippen LogP contribution in [0.25, 0.3) is 0 Å². The highest BCUT2D eigenvalue weighted by Crippen LogP contribution is 2.32. The average Bonchev–Trinajstić information content (AvgIpc) is 2.27. The number of halogens is 3. The number of hydrogen-bond donors (Lipinski definition) is 1. The van der Waals surface area contributed by atoms with E-state index in [9.17, 15) is 13.2 Å². The van der Waals surface area contributed by atoms with Crippen molar-refractivity contribution in [1.29, 1.82) is 0 Å². The maximum Gasteiger partial charge on any atom is 0.416 e. The third kappa shape index (κ3) is 2.66. The number of anilines is 2. The van der Waals surface area contributed by atoms with Crippen molar-refractivity contribution < 1.29 is 17.9 Å². The predicted octanol–water partition coefficient (Wildman–Crippen LogP) is 1.91. The van der Waals surface area contributed by atoms with E-state index in [1.165, 1.54) is 0 Å². The topological polar surface area (TPSA) is 51.4 Å². The zero-order valence-corrected chi connectivity index (χ0v) is 9.87. The summed E-state index contributed by atoms with van der Waals surface area (Å²) in [5, 5.41) is 0. The van der Waals surface area contributed by atoms with Crippen LogP contribution in [-0.2, 0) is 10.9 Å². The van der Waals surface area contributed by atoms with Crippen LogP contribution in [0.4, 0.5) is 24.8 Å². The third-order valence-electron chi connectivity index (χ3n) is 2.82. The van der Waals surface area contributed by atoms with E-state index in [0.717, 1.165) is 12.1 Å². The Morgan fingerprint density at radius 2 is 2.17 bits per heavy atom. The molecule has 0 aliphatic carbocycles. The maximum absolute atomic E-state index is 12.7.